The first-order valence-electron chi connectivity index (χ1n) is 7.26. The maximum Gasteiger partial charge on any atom is 0.405 e. The van der Waals surface area contributed by atoms with Gasteiger partial charge in [-0.05, 0) is 18.6 Å². The van der Waals surface area contributed by atoms with Gasteiger partial charge in [0.1, 0.15) is 12.2 Å². The average molecular weight is 345 g/mol. The highest BCUT2D eigenvalue weighted by atomic mass is 19.4. The van der Waals surface area contributed by atoms with Crippen LogP contribution in [-0.2, 0) is 4.79 Å². The number of fused-ring (bicyclic) bond motifs is 4. The fourth-order valence-corrected chi connectivity index (χ4v) is 2.79. The van der Waals surface area contributed by atoms with E-state index in [2.05, 4.69) is 15.6 Å². The number of aromatic nitrogens is 1. The molecule has 1 unspecified atom stereocenters. The number of amides is 2. The Hall–Kier alpha value is -2.52. The Balaban J connectivity index is 0.000000647. The predicted octanol–water partition coefficient (Wildman–Crippen LogP) is 0.504. The van der Waals surface area contributed by atoms with Crippen LogP contribution in [-0.4, -0.2) is 56.2 Å². The smallest absolute Gasteiger partial charge is 0.372 e. The maximum atomic E-state index is 12.1. The number of carbonyl (C=O) groups excluding carboxylic acids is 2. The first-order chi connectivity index (χ1) is 11.3. The summed E-state index contributed by atoms with van der Waals surface area (Å²) in [7, 11) is 1.90. The molecule has 3 rings (SSSR count). The van der Waals surface area contributed by atoms with E-state index >= 15 is 0 Å². The summed E-state index contributed by atoms with van der Waals surface area (Å²) < 4.78 is 36.4. The van der Waals surface area contributed by atoms with Crippen LogP contribution in [0.5, 0.6) is 0 Å². The lowest BCUT2D eigenvalue weighted by atomic mass is 10.2. The standard InChI is InChI=1S/C13H15F3N4O.CH3NO/c1-19-8-4-5-20(6-8)10-3-2-9(18-11(10)19)12(21)17-7-13(14,15)16;2-1-3/h2-3,8H,4-7H2,1H3,(H,17,21);1H,(H2,2,3). The van der Waals surface area contributed by atoms with Gasteiger partial charge >= 0.3 is 6.18 Å². The van der Waals surface area contributed by atoms with Crippen molar-refractivity contribution in [3.05, 3.63) is 17.8 Å². The van der Waals surface area contributed by atoms with Gasteiger partial charge in [0.05, 0.1) is 5.69 Å². The number of carbonyl (C=O) groups is 2. The highest BCUT2D eigenvalue weighted by Crippen LogP contribution is 2.37. The molecule has 1 aromatic heterocycles. The zero-order valence-corrected chi connectivity index (χ0v) is 13.0. The molecule has 0 aromatic carbocycles. The van der Waals surface area contributed by atoms with Crippen LogP contribution in [0.15, 0.2) is 12.1 Å². The molecule has 132 valence electrons. The summed E-state index contributed by atoms with van der Waals surface area (Å²) in [5.74, 6) is -0.153. The molecule has 0 saturated carbocycles. The Morgan fingerprint density at radius 2 is 2.17 bits per heavy atom. The van der Waals surface area contributed by atoms with Gasteiger partial charge < -0.3 is 20.9 Å². The Kier molecular flexibility index (Phi) is 5.15. The van der Waals surface area contributed by atoms with Gasteiger partial charge in [-0.2, -0.15) is 13.2 Å². The summed E-state index contributed by atoms with van der Waals surface area (Å²) in [6.07, 6.45) is -3.16. The van der Waals surface area contributed by atoms with E-state index in [-0.39, 0.29) is 12.1 Å². The van der Waals surface area contributed by atoms with E-state index in [9.17, 15) is 18.0 Å². The number of hydrogen-bond acceptors (Lipinski definition) is 5. The number of alkyl halides is 3. The van der Waals surface area contributed by atoms with Crippen molar-refractivity contribution in [1.82, 2.24) is 10.3 Å². The van der Waals surface area contributed by atoms with Crippen molar-refractivity contribution in [1.29, 1.82) is 0 Å². The molecule has 24 heavy (non-hydrogen) atoms. The zero-order chi connectivity index (χ0) is 17.9. The minimum Gasteiger partial charge on any atom is -0.372 e. The number of nitrogens with two attached hydrogens (primary N) is 1. The molecular formula is C14H18F3N5O2. The van der Waals surface area contributed by atoms with E-state index in [0.29, 0.717) is 11.9 Å². The third-order valence-corrected chi connectivity index (χ3v) is 3.92. The Morgan fingerprint density at radius 3 is 2.79 bits per heavy atom. The van der Waals surface area contributed by atoms with Crippen LogP contribution in [0.4, 0.5) is 24.7 Å². The largest absolute Gasteiger partial charge is 0.405 e. The van der Waals surface area contributed by atoms with Gasteiger partial charge in [0.2, 0.25) is 6.41 Å². The number of likely N-dealkylation sites (N-methyl/N-ethyl adjacent to an activating group) is 1. The molecule has 1 aromatic rings. The van der Waals surface area contributed by atoms with E-state index in [4.69, 9.17) is 4.79 Å². The van der Waals surface area contributed by atoms with Crippen LogP contribution in [0.1, 0.15) is 16.9 Å². The Labute approximate surface area is 136 Å². The van der Waals surface area contributed by atoms with Gasteiger partial charge in [0.15, 0.2) is 5.82 Å². The Bertz CT molecular complexity index is 623. The fraction of sp³-hybridized carbons (Fsp3) is 0.500. The molecule has 2 aliphatic rings. The number of nitrogens with one attached hydrogen (secondary N) is 1. The minimum atomic E-state index is -4.43. The summed E-state index contributed by atoms with van der Waals surface area (Å²) in [5.41, 5.74) is 5.10. The number of primary amides is 1. The van der Waals surface area contributed by atoms with Crippen LogP contribution >= 0.6 is 0 Å². The number of halogens is 3. The second-order valence-corrected chi connectivity index (χ2v) is 5.47. The molecule has 1 atom stereocenters. The van der Waals surface area contributed by atoms with Crippen LogP contribution in [0.25, 0.3) is 0 Å². The SMILES string of the molecule is CN1c2nc(C(=O)NCC(F)(F)F)ccc2N2CCC1C2.NC=O. The molecule has 0 aliphatic carbocycles. The summed E-state index contributed by atoms with van der Waals surface area (Å²) in [5, 5.41) is 1.84. The van der Waals surface area contributed by atoms with Crippen molar-refractivity contribution < 1.29 is 22.8 Å². The minimum absolute atomic E-state index is 0.00681. The number of nitrogens with zero attached hydrogens (tertiary/aromatic N) is 3. The molecule has 1 saturated heterocycles. The molecule has 2 bridgehead atoms. The molecule has 1 fully saturated rings. The second kappa shape index (κ2) is 6.93. The predicted molar refractivity (Wildman–Crippen MR) is 81.9 cm³/mol. The van der Waals surface area contributed by atoms with Gasteiger partial charge in [-0.25, -0.2) is 4.98 Å². The summed E-state index contributed by atoms with van der Waals surface area (Å²) in [4.78, 5) is 28.8. The van der Waals surface area contributed by atoms with Crippen molar-refractivity contribution in [2.45, 2.75) is 18.6 Å². The van der Waals surface area contributed by atoms with E-state index in [1.165, 1.54) is 6.07 Å². The van der Waals surface area contributed by atoms with Crippen molar-refractivity contribution in [3.63, 3.8) is 0 Å². The van der Waals surface area contributed by atoms with E-state index in [1.54, 1.807) is 6.07 Å². The monoisotopic (exact) mass is 345 g/mol. The third kappa shape index (κ3) is 3.87. The number of anilines is 2. The summed E-state index contributed by atoms with van der Waals surface area (Å²) in [6.45, 7) is 0.503. The summed E-state index contributed by atoms with van der Waals surface area (Å²) >= 11 is 0. The molecule has 2 amide bonds. The highest BCUT2D eigenvalue weighted by Gasteiger charge is 2.35. The van der Waals surface area contributed by atoms with E-state index in [1.807, 2.05) is 17.3 Å². The van der Waals surface area contributed by atoms with Crippen LogP contribution in [0.2, 0.25) is 0 Å². The number of rotatable bonds is 2. The third-order valence-electron chi connectivity index (χ3n) is 3.92. The van der Waals surface area contributed by atoms with Gasteiger partial charge in [-0.3, -0.25) is 9.59 Å². The average Bonchev–Trinajstić information content (AvgIpc) is 2.96. The molecule has 0 radical (unpaired) electrons. The molecule has 2 aliphatic heterocycles. The second-order valence-electron chi connectivity index (χ2n) is 5.47. The lowest BCUT2D eigenvalue weighted by molar-refractivity contribution is -0.123. The van der Waals surface area contributed by atoms with Crippen LogP contribution in [0.3, 0.4) is 0 Å². The van der Waals surface area contributed by atoms with Gasteiger partial charge in [0.25, 0.3) is 5.91 Å². The van der Waals surface area contributed by atoms with Crippen molar-refractivity contribution in [3.8, 4) is 0 Å². The van der Waals surface area contributed by atoms with E-state index < -0.39 is 18.6 Å². The molecular weight excluding hydrogens is 327 g/mol. The fourth-order valence-electron chi connectivity index (χ4n) is 2.79. The van der Waals surface area contributed by atoms with Gasteiger partial charge in [-0.15, -0.1) is 0 Å². The lowest BCUT2D eigenvalue weighted by Crippen LogP contribution is -2.41. The van der Waals surface area contributed by atoms with Gasteiger partial charge in [0, 0.05) is 26.2 Å². The topological polar surface area (TPSA) is 91.6 Å². The van der Waals surface area contributed by atoms with Crippen LogP contribution in [0, 0.1) is 0 Å². The summed E-state index contributed by atoms with van der Waals surface area (Å²) in [6, 6.07) is 3.57. The molecule has 3 heterocycles. The van der Waals surface area contributed by atoms with E-state index in [0.717, 1.165) is 25.2 Å². The first kappa shape index (κ1) is 17.8. The Morgan fingerprint density at radius 1 is 1.50 bits per heavy atom. The van der Waals surface area contributed by atoms with Crippen molar-refractivity contribution in [2.75, 3.05) is 36.5 Å². The normalized spacial score (nSPS) is 18.4. The number of pyridine rings is 1. The van der Waals surface area contributed by atoms with Crippen molar-refractivity contribution >= 4 is 23.8 Å². The zero-order valence-electron chi connectivity index (χ0n) is 13.0. The van der Waals surface area contributed by atoms with Crippen LogP contribution < -0.4 is 20.9 Å². The molecule has 10 heteroatoms. The molecule has 3 N–H and O–H groups in total. The lowest BCUT2D eigenvalue weighted by Gasteiger charge is -2.34. The van der Waals surface area contributed by atoms with Gasteiger partial charge in [-0.1, -0.05) is 0 Å². The maximum absolute atomic E-state index is 12.1. The first-order valence-corrected chi connectivity index (χ1v) is 7.26. The molecule has 7 nitrogen and oxygen atoms in total. The molecule has 0 spiro atoms. The highest BCUT2D eigenvalue weighted by molar-refractivity contribution is 5.93. The van der Waals surface area contributed by atoms with Crippen molar-refractivity contribution in [2.24, 2.45) is 5.73 Å². The number of hydrogen-bond donors (Lipinski definition) is 2. The quantitative estimate of drug-likeness (QED) is 0.762.